The van der Waals surface area contributed by atoms with Gasteiger partial charge in [-0.15, -0.1) is 0 Å². The lowest BCUT2D eigenvalue weighted by Crippen LogP contribution is -2.01. The van der Waals surface area contributed by atoms with E-state index in [0.29, 0.717) is 16.8 Å². The first-order valence-electron chi connectivity index (χ1n) is 5.37. The van der Waals surface area contributed by atoms with Crippen LogP contribution in [0, 0.1) is 12.7 Å². The minimum Gasteiger partial charge on any atom is -0.399 e. The highest BCUT2D eigenvalue weighted by Gasteiger charge is 2.11. The molecule has 2 aromatic carbocycles. The van der Waals surface area contributed by atoms with Gasteiger partial charge in [0.2, 0.25) is 0 Å². The molecule has 0 fully saturated rings. The van der Waals surface area contributed by atoms with E-state index >= 15 is 0 Å². The number of hydrogen-bond donors (Lipinski definition) is 2. The number of hydrogen-bond acceptors (Lipinski definition) is 2. The van der Waals surface area contributed by atoms with Crippen molar-refractivity contribution in [2.45, 2.75) is 13.0 Å². The molecule has 2 aromatic rings. The Morgan fingerprint density at radius 2 is 1.71 bits per heavy atom. The second kappa shape index (κ2) is 4.55. The molecule has 88 valence electrons. The average Bonchev–Trinajstić information content (AvgIpc) is 2.28. The maximum absolute atomic E-state index is 13.2. The number of nitrogens with two attached hydrogens (primary N) is 1. The molecule has 0 aliphatic rings. The Labute approximate surface area is 99.5 Å². The molecule has 0 spiro atoms. The van der Waals surface area contributed by atoms with Gasteiger partial charge in [0.05, 0.1) is 0 Å². The maximum atomic E-state index is 13.2. The molecule has 1 atom stereocenters. The van der Waals surface area contributed by atoms with Gasteiger partial charge in [-0.05, 0) is 47.9 Å². The molecular weight excluding hydrogens is 217 g/mol. The summed E-state index contributed by atoms with van der Waals surface area (Å²) >= 11 is 0. The molecule has 0 aliphatic heterocycles. The molecule has 0 saturated carbocycles. The van der Waals surface area contributed by atoms with Crippen molar-refractivity contribution in [3.63, 3.8) is 0 Å². The van der Waals surface area contributed by atoms with Crippen LogP contribution in [0.3, 0.4) is 0 Å². The SMILES string of the molecule is Cc1cc(F)cc(C(O)c2ccc(N)cc2)c1. The number of nitrogen functional groups attached to an aromatic ring is 1. The average molecular weight is 231 g/mol. The first-order chi connectivity index (χ1) is 8.06. The summed E-state index contributed by atoms with van der Waals surface area (Å²) in [6, 6.07) is 11.4. The highest BCUT2D eigenvalue weighted by molar-refractivity contribution is 5.42. The van der Waals surface area contributed by atoms with E-state index in [0.717, 1.165) is 5.56 Å². The lowest BCUT2D eigenvalue weighted by molar-refractivity contribution is 0.219. The van der Waals surface area contributed by atoms with Crippen molar-refractivity contribution in [2.75, 3.05) is 5.73 Å². The topological polar surface area (TPSA) is 46.2 Å². The molecule has 0 heterocycles. The van der Waals surface area contributed by atoms with Gasteiger partial charge in [-0.25, -0.2) is 4.39 Å². The molecule has 2 nitrogen and oxygen atoms in total. The normalized spacial score (nSPS) is 12.4. The van der Waals surface area contributed by atoms with E-state index in [4.69, 9.17) is 5.73 Å². The molecule has 0 saturated heterocycles. The van der Waals surface area contributed by atoms with Crippen LogP contribution in [-0.2, 0) is 0 Å². The third-order valence-electron chi connectivity index (χ3n) is 2.63. The van der Waals surface area contributed by atoms with E-state index < -0.39 is 6.10 Å². The lowest BCUT2D eigenvalue weighted by Gasteiger charge is -2.12. The maximum Gasteiger partial charge on any atom is 0.123 e. The van der Waals surface area contributed by atoms with Crippen LogP contribution < -0.4 is 5.73 Å². The summed E-state index contributed by atoms with van der Waals surface area (Å²) in [5, 5.41) is 10.1. The number of anilines is 1. The zero-order valence-electron chi connectivity index (χ0n) is 9.52. The molecule has 0 aliphatic carbocycles. The van der Waals surface area contributed by atoms with Crippen LogP contribution in [0.1, 0.15) is 22.8 Å². The molecular formula is C14H14FNO. The van der Waals surface area contributed by atoms with Crippen molar-refractivity contribution < 1.29 is 9.50 Å². The molecule has 0 aromatic heterocycles. The zero-order valence-corrected chi connectivity index (χ0v) is 9.52. The lowest BCUT2D eigenvalue weighted by atomic mass is 10.00. The predicted molar refractivity (Wildman–Crippen MR) is 66.1 cm³/mol. The quantitative estimate of drug-likeness (QED) is 0.781. The van der Waals surface area contributed by atoms with Crippen LogP contribution in [0.5, 0.6) is 0 Å². The fourth-order valence-electron chi connectivity index (χ4n) is 1.79. The fraction of sp³-hybridized carbons (Fsp3) is 0.143. The molecule has 0 amide bonds. The Morgan fingerprint density at radius 3 is 2.29 bits per heavy atom. The van der Waals surface area contributed by atoms with Crippen molar-refractivity contribution in [2.24, 2.45) is 0 Å². The van der Waals surface area contributed by atoms with Crippen LogP contribution in [-0.4, -0.2) is 5.11 Å². The van der Waals surface area contributed by atoms with Crippen LogP contribution in [0.25, 0.3) is 0 Å². The fourth-order valence-corrected chi connectivity index (χ4v) is 1.79. The van der Waals surface area contributed by atoms with E-state index in [1.165, 1.54) is 12.1 Å². The van der Waals surface area contributed by atoms with Gasteiger partial charge < -0.3 is 10.8 Å². The second-order valence-corrected chi connectivity index (χ2v) is 4.13. The third-order valence-corrected chi connectivity index (χ3v) is 2.63. The van der Waals surface area contributed by atoms with Crippen LogP contribution in [0.2, 0.25) is 0 Å². The standard InChI is InChI=1S/C14H14FNO/c1-9-6-11(8-12(15)7-9)14(17)10-2-4-13(16)5-3-10/h2-8,14,17H,16H2,1H3. The summed E-state index contributed by atoms with van der Waals surface area (Å²) in [6.07, 6.45) is -0.829. The number of benzene rings is 2. The minimum atomic E-state index is -0.829. The summed E-state index contributed by atoms with van der Waals surface area (Å²) in [6.45, 7) is 1.79. The van der Waals surface area contributed by atoms with Gasteiger partial charge in [0, 0.05) is 5.69 Å². The Bertz CT molecular complexity index is 502. The molecule has 0 bridgehead atoms. The smallest absolute Gasteiger partial charge is 0.123 e. The molecule has 3 heteroatoms. The summed E-state index contributed by atoms with van der Waals surface area (Å²) in [7, 11) is 0. The molecule has 2 rings (SSSR count). The van der Waals surface area contributed by atoms with Crippen molar-refractivity contribution >= 4 is 5.69 Å². The number of aliphatic hydroxyl groups excluding tert-OH is 1. The van der Waals surface area contributed by atoms with Gasteiger partial charge in [-0.2, -0.15) is 0 Å². The summed E-state index contributed by atoms with van der Waals surface area (Å²) < 4.78 is 13.2. The van der Waals surface area contributed by atoms with E-state index in [1.807, 2.05) is 0 Å². The molecule has 17 heavy (non-hydrogen) atoms. The zero-order chi connectivity index (χ0) is 12.4. The van der Waals surface area contributed by atoms with Gasteiger partial charge in [0.25, 0.3) is 0 Å². The number of aryl methyl sites for hydroxylation is 1. The first kappa shape index (κ1) is 11.6. The van der Waals surface area contributed by atoms with Gasteiger partial charge in [0.15, 0.2) is 0 Å². The number of rotatable bonds is 2. The Morgan fingerprint density at radius 1 is 1.06 bits per heavy atom. The van der Waals surface area contributed by atoms with Gasteiger partial charge >= 0.3 is 0 Å². The Hall–Kier alpha value is -1.87. The van der Waals surface area contributed by atoms with Crippen molar-refractivity contribution in [1.29, 1.82) is 0 Å². The van der Waals surface area contributed by atoms with Crippen LogP contribution in [0.15, 0.2) is 42.5 Å². The minimum absolute atomic E-state index is 0.338. The van der Waals surface area contributed by atoms with E-state index in [-0.39, 0.29) is 5.82 Å². The molecule has 0 radical (unpaired) electrons. The summed E-state index contributed by atoms with van der Waals surface area (Å²) in [5.74, 6) is -0.338. The van der Waals surface area contributed by atoms with Crippen LogP contribution >= 0.6 is 0 Å². The first-order valence-corrected chi connectivity index (χ1v) is 5.37. The van der Waals surface area contributed by atoms with E-state index in [9.17, 15) is 9.50 Å². The van der Waals surface area contributed by atoms with Gasteiger partial charge in [0.1, 0.15) is 11.9 Å². The number of aliphatic hydroxyl groups is 1. The van der Waals surface area contributed by atoms with Crippen molar-refractivity contribution in [3.8, 4) is 0 Å². The Kier molecular flexibility index (Phi) is 3.11. The van der Waals surface area contributed by atoms with Crippen molar-refractivity contribution in [1.82, 2.24) is 0 Å². The predicted octanol–water partition coefficient (Wildman–Crippen LogP) is 2.80. The number of halogens is 1. The van der Waals surface area contributed by atoms with E-state index in [1.54, 1.807) is 37.3 Å². The van der Waals surface area contributed by atoms with Gasteiger partial charge in [-0.1, -0.05) is 18.2 Å². The molecule has 3 N–H and O–H groups in total. The third kappa shape index (κ3) is 2.63. The second-order valence-electron chi connectivity index (χ2n) is 4.13. The monoisotopic (exact) mass is 231 g/mol. The van der Waals surface area contributed by atoms with Crippen LogP contribution in [0.4, 0.5) is 10.1 Å². The summed E-state index contributed by atoms with van der Waals surface area (Å²) in [5.41, 5.74) is 8.24. The van der Waals surface area contributed by atoms with Gasteiger partial charge in [-0.3, -0.25) is 0 Å². The summed E-state index contributed by atoms with van der Waals surface area (Å²) in [4.78, 5) is 0. The molecule has 1 unspecified atom stereocenters. The highest BCUT2D eigenvalue weighted by atomic mass is 19.1. The van der Waals surface area contributed by atoms with E-state index in [2.05, 4.69) is 0 Å². The van der Waals surface area contributed by atoms with Crippen molar-refractivity contribution in [3.05, 3.63) is 65.0 Å². The highest BCUT2D eigenvalue weighted by Crippen LogP contribution is 2.24. The Balaban J connectivity index is 2.36. The largest absolute Gasteiger partial charge is 0.399 e.